The summed E-state index contributed by atoms with van der Waals surface area (Å²) < 4.78 is 45.0. The van der Waals surface area contributed by atoms with Crippen molar-refractivity contribution >= 4 is 28.6 Å². The van der Waals surface area contributed by atoms with Crippen molar-refractivity contribution in [1.82, 2.24) is 19.5 Å². The quantitative estimate of drug-likeness (QED) is 0.497. The van der Waals surface area contributed by atoms with Crippen LogP contribution in [-0.2, 0) is 4.79 Å². The number of rotatable bonds is 4. The Morgan fingerprint density at radius 3 is 2.41 bits per heavy atom. The molecule has 3 N–H and O–H groups in total. The number of carbonyl (C=O) groups excluding carboxylic acids is 1. The monoisotopic (exact) mass is 442 g/mol. The van der Waals surface area contributed by atoms with Crippen LogP contribution in [0.25, 0.3) is 28.2 Å². The van der Waals surface area contributed by atoms with E-state index in [9.17, 15) is 18.0 Å². The average molecular weight is 442 g/mol. The van der Waals surface area contributed by atoms with Crippen molar-refractivity contribution in [2.45, 2.75) is 13.1 Å². The van der Waals surface area contributed by atoms with E-state index in [0.717, 1.165) is 11.1 Å². The molecule has 2 aromatic carbocycles. The molecule has 4 rings (SSSR count). The van der Waals surface area contributed by atoms with Gasteiger partial charge in [-0.3, -0.25) is 14.7 Å². The Hall–Kier alpha value is -4.15. The van der Waals surface area contributed by atoms with Crippen LogP contribution in [-0.4, -0.2) is 38.7 Å². The fraction of sp³-hybridized carbons (Fsp3) is 0.143. The van der Waals surface area contributed by atoms with E-state index in [1.165, 1.54) is 7.11 Å². The van der Waals surface area contributed by atoms with Crippen molar-refractivity contribution in [3.8, 4) is 23.1 Å². The lowest BCUT2D eigenvalue weighted by Crippen LogP contribution is -2.31. The SMILES string of the molecule is COc1nc(NC(=O)C(F)(F)F)nc(-n2c(-c3ccc(C)cc3)nc3ccccc32)c1N. The van der Waals surface area contributed by atoms with Gasteiger partial charge in [-0.1, -0.05) is 42.0 Å². The minimum atomic E-state index is -5.12. The molecule has 4 aromatic rings. The molecule has 32 heavy (non-hydrogen) atoms. The van der Waals surface area contributed by atoms with Crippen LogP contribution >= 0.6 is 0 Å². The number of carbonyl (C=O) groups is 1. The predicted octanol–water partition coefficient (Wildman–Crippen LogP) is 3.88. The van der Waals surface area contributed by atoms with E-state index in [1.54, 1.807) is 34.1 Å². The van der Waals surface area contributed by atoms with E-state index in [0.29, 0.717) is 16.9 Å². The summed E-state index contributed by atoms with van der Waals surface area (Å²) in [4.78, 5) is 24.0. The lowest BCUT2D eigenvalue weighted by molar-refractivity contribution is -0.167. The second-order valence-electron chi connectivity index (χ2n) is 6.87. The summed E-state index contributed by atoms with van der Waals surface area (Å²) in [6, 6.07) is 14.6. The van der Waals surface area contributed by atoms with Crippen molar-refractivity contribution in [2.24, 2.45) is 0 Å². The molecule has 2 aromatic heterocycles. The van der Waals surface area contributed by atoms with Gasteiger partial charge in [-0.05, 0) is 19.1 Å². The van der Waals surface area contributed by atoms with E-state index < -0.39 is 18.0 Å². The summed E-state index contributed by atoms with van der Waals surface area (Å²) in [6.07, 6.45) is -5.12. The number of alkyl halides is 3. The number of aryl methyl sites for hydroxylation is 1. The van der Waals surface area contributed by atoms with E-state index in [-0.39, 0.29) is 17.4 Å². The molecular formula is C21H17F3N6O2. The normalized spacial score (nSPS) is 11.5. The number of hydrogen-bond donors (Lipinski definition) is 2. The van der Waals surface area contributed by atoms with Crippen molar-refractivity contribution < 1.29 is 22.7 Å². The third kappa shape index (κ3) is 3.80. The fourth-order valence-electron chi connectivity index (χ4n) is 3.13. The standard InChI is InChI=1S/C21H17F3N6O2/c1-11-7-9-12(10-8-11)16-26-13-5-3-4-6-14(13)30(16)17-15(25)18(32-2)28-20(27-17)29-19(31)21(22,23)24/h3-10H,25H2,1-2H3,(H,27,28,29,31). The number of ether oxygens (including phenoxy) is 1. The van der Waals surface area contributed by atoms with Gasteiger partial charge >= 0.3 is 12.1 Å². The van der Waals surface area contributed by atoms with E-state index in [4.69, 9.17) is 10.5 Å². The molecule has 8 nitrogen and oxygen atoms in total. The number of aromatic nitrogens is 4. The Morgan fingerprint density at radius 1 is 1.06 bits per heavy atom. The highest BCUT2D eigenvalue weighted by atomic mass is 19.4. The van der Waals surface area contributed by atoms with Crippen LogP contribution in [0.15, 0.2) is 48.5 Å². The first-order valence-electron chi connectivity index (χ1n) is 9.33. The van der Waals surface area contributed by atoms with Gasteiger partial charge < -0.3 is 10.5 Å². The van der Waals surface area contributed by atoms with Crippen molar-refractivity contribution in [3.05, 3.63) is 54.1 Å². The number of methoxy groups -OCH3 is 1. The fourth-order valence-corrected chi connectivity index (χ4v) is 3.13. The average Bonchev–Trinajstić information content (AvgIpc) is 3.14. The molecule has 0 atom stereocenters. The number of halogens is 3. The number of amides is 1. The topological polar surface area (TPSA) is 108 Å². The highest BCUT2D eigenvalue weighted by Crippen LogP contribution is 2.34. The van der Waals surface area contributed by atoms with Crippen LogP contribution in [0.4, 0.5) is 24.8 Å². The molecule has 0 unspecified atom stereocenters. The second kappa shape index (κ2) is 7.84. The summed E-state index contributed by atoms with van der Waals surface area (Å²) >= 11 is 0. The summed E-state index contributed by atoms with van der Waals surface area (Å²) in [5, 5.41) is 1.65. The summed E-state index contributed by atoms with van der Waals surface area (Å²) in [5.41, 5.74) is 9.14. The van der Waals surface area contributed by atoms with E-state index in [2.05, 4.69) is 15.0 Å². The lowest BCUT2D eigenvalue weighted by Gasteiger charge is -2.15. The van der Waals surface area contributed by atoms with E-state index >= 15 is 0 Å². The van der Waals surface area contributed by atoms with E-state index in [1.807, 2.05) is 31.2 Å². The lowest BCUT2D eigenvalue weighted by atomic mass is 10.1. The molecule has 0 saturated heterocycles. The van der Waals surface area contributed by atoms with Gasteiger partial charge in [0.05, 0.1) is 18.1 Å². The minimum absolute atomic E-state index is 0.0126. The molecule has 0 aliphatic rings. The molecule has 0 aliphatic carbocycles. The molecule has 0 aliphatic heterocycles. The first-order valence-corrected chi connectivity index (χ1v) is 9.33. The molecule has 0 radical (unpaired) electrons. The Morgan fingerprint density at radius 2 is 1.75 bits per heavy atom. The molecular weight excluding hydrogens is 425 g/mol. The number of nitrogens with zero attached hydrogens (tertiary/aromatic N) is 4. The molecule has 164 valence electrons. The second-order valence-corrected chi connectivity index (χ2v) is 6.87. The number of hydrogen-bond acceptors (Lipinski definition) is 6. The Balaban J connectivity index is 1.97. The largest absolute Gasteiger partial charge is 0.479 e. The first-order chi connectivity index (χ1) is 15.2. The number of fused-ring (bicyclic) bond motifs is 1. The number of benzene rings is 2. The Kier molecular flexibility index (Phi) is 5.17. The number of para-hydroxylation sites is 2. The molecule has 0 spiro atoms. The number of imidazole rings is 1. The van der Waals surface area contributed by atoms with Gasteiger partial charge in [0.15, 0.2) is 5.82 Å². The maximum atomic E-state index is 12.8. The highest BCUT2D eigenvalue weighted by molar-refractivity contribution is 5.94. The van der Waals surface area contributed by atoms with Crippen molar-refractivity contribution in [3.63, 3.8) is 0 Å². The van der Waals surface area contributed by atoms with Crippen LogP contribution in [0.5, 0.6) is 5.88 Å². The summed E-state index contributed by atoms with van der Waals surface area (Å²) in [5.74, 6) is -2.56. The van der Waals surface area contributed by atoms with Crippen LogP contribution in [0.2, 0.25) is 0 Å². The maximum Gasteiger partial charge on any atom is 0.471 e. The minimum Gasteiger partial charge on any atom is -0.479 e. The molecule has 0 fully saturated rings. The third-order valence-corrected chi connectivity index (χ3v) is 4.65. The number of anilines is 2. The van der Waals surface area contributed by atoms with Gasteiger partial charge in [0.25, 0.3) is 0 Å². The number of nitrogens with two attached hydrogens (primary N) is 1. The first kappa shape index (κ1) is 21.1. The zero-order valence-electron chi connectivity index (χ0n) is 16.9. The van der Waals surface area contributed by atoms with Crippen molar-refractivity contribution in [1.29, 1.82) is 0 Å². The third-order valence-electron chi connectivity index (χ3n) is 4.65. The predicted molar refractivity (Wildman–Crippen MR) is 112 cm³/mol. The zero-order valence-corrected chi connectivity index (χ0v) is 16.9. The van der Waals surface area contributed by atoms with Crippen LogP contribution < -0.4 is 15.8 Å². The molecule has 11 heteroatoms. The number of nitrogen functional groups attached to an aromatic ring is 1. The van der Waals surface area contributed by atoms with Crippen molar-refractivity contribution in [2.75, 3.05) is 18.2 Å². The van der Waals surface area contributed by atoms with Crippen LogP contribution in [0.3, 0.4) is 0 Å². The van der Waals surface area contributed by atoms with Gasteiger partial charge in [-0.15, -0.1) is 0 Å². The van der Waals surface area contributed by atoms with Gasteiger partial charge in [0.1, 0.15) is 11.5 Å². The van der Waals surface area contributed by atoms with Gasteiger partial charge in [0.2, 0.25) is 11.8 Å². The smallest absolute Gasteiger partial charge is 0.471 e. The zero-order chi connectivity index (χ0) is 23.0. The van der Waals surface area contributed by atoms with Crippen LogP contribution in [0, 0.1) is 6.92 Å². The molecule has 0 saturated carbocycles. The van der Waals surface area contributed by atoms with Gasteiger partial charge in [0, 0.05) is 5.56 Å². The molecule has 0 bridgehead atoms. The summed E-state index contributed by atoms with van der Waals surface area (Å²) in [6.45, 7) is 1.94. The highest BCUT2D eigenvalue weighted by Gasteiger charge is 2.39. The molecule has 1 amide bonds. The Bertz CT molecular complexity index is 1320. The number of nitrogens with one attached hydrogen (secondary N) is 1. The Labute approximate surface area is 179 Å². The molecule has 2 heterocycles. The van der Waals surface area contributed by atoms with Gasteiger partial charge in [-0.2, -0.15) is 23.1 Å². The maximum absolute atomic E-state index is 12.8. The van der Waals surface area contributed by atoms with Crippen LogP contribution in [0.1, 0.15) is 5.56 Å². The summed E-state index contributed by atoms with van der Waals surface area (Å²) in [7, 11) is 1.25. The van der Waals surface area contributed by atoms with Gasteiger partial charge in [-0.25, -0.2) is 4.98 Å².